The van der Waals surface area contributed by atoms with Crippen molar-refractivity contribution in [2.24, 2.45) is 4.99 Å². The normalized spacial score (nSPS) is 13.3. The third-order valence-corrected chi connectivity index (χ3v) is 6.07. The van der Waals surface area contributed by atoms with Gasteiger partial charge in [0.1, 0.15) is 10.6 Å². The molecule has 4 rings (SSSR count). The highest BCUT2D eigenvalue weighted by molar-refractivity contribution is 6.33. The molecular formula is C24H22Cl2N4O. The van der Waals surface area contributed by atoms with Gasteiger partial charge in [0.2, 0.25) is 0 Å². The summed E-state index contributed by atoms with van der Waals surface area (Å²) in [5.41, 5.74) is 5.12. The van der Waals surface area contributed by atoms with Crippen LogP contribution in [0.1, 0.15) is 32.4 Å². The van der Waals surface area contributed by atoms with E-state index in [1.165, 1.54) is 0 Å². The topological polar surface area (TPSA) is 60.1 Å². The van der Waals surface area contributed by atoms with Gasteiger partial charge in [-0.05, 0) is 44.4 Å². The van der Waals surface area contributed by atoms with E-state index in [0.717, 1.165) is 34.2 Å². The summed E-state index contributed by atoms with van der Waals surface area (Å²) in [6, 6.07) is 7.46. The molecule has 7 heteroatoms. The summed E-state index contributed by atoms with van der Waals surface area (Å²) < 4.78 is 1.65. The second-order valence-corrected chi connectivity index (χ2v) is 8.16. The highest BCUT2D eigenvalue weighted by Gasteiger charge is 2.15. The molecule has 1 aromatic carbocycles. The van der Waals surface area contributed by atoms with Crippen LogP contribution in [0, 0.1) is 6.92 Å². The van der Waals surface area contributed by atoms with Crippen molar-refractivity contribution in [3.63, 3.8) is 0 Å². The van der Waals surface area contributed by atoms with E-state index < -0.39 is 0 Å². The summed E-state index contributed by atoms with van der Waals surface area (Å²) in [7, 11) is 0. The first-order valence-electron chi connectivity index (χ1n) is 10.2. The molecule has 1 aliphatic heterocycles. The van der Waals surface area contributed by atoms with Gasteiger partial charge in [-0.1, -0.05) is 48.3 Å². The fourth-order valence-electron chi connectivity index (χ4n) is 3.72. The molecule has 0 N–H and O–H groups in total. The maximum Gasteiger partial charge on any atom is 0.260 e. The van der Waals surface area contributed by atoms with Crippen LogP contribution in [0.2, 0.25) is 5.02 Å². The summed E-state index contributed by atoms with van der Waals surface area (Å²) in [6.07, 6.45) is 6.99. The number of allylic oxidation sites excluding steroid dienone is 1. The Labute approximate surface area is 190 Å². The van der Waals surface area contributed by atoms with Gasteiger partial charge in [0, 0.05) is 39.7 Å². The van der Waals surface area contributed by atoms with Crippen molar-refractivity contribution in [3.8, 4) is 22.4 Å². The Balaban J connectivity index is 1.90. The predicted molar refractivity (Wildman–Crippen MR) is 126 cm³/mol. The van der Waals surface area contributed by atoms with Crippen LogP contribution < -0.4 is 16.3 Å². The molecule has 0 radical (unpaired) electrons. The Morgan fingerprint density at radius 2 is 1.90 bits per heavy atom. The van der Waals surface area contributed by atoms with Crippen molar-refractivity contribution in [2.75, 3.05) is 0 Å². The number of hydrogen-bond donors (Lipinski definition) is 0. The lowest BCUT2D eigenvalue weighted by Gasteiger charge is -2.11. The summed E-state index contributed by atoms with van der Waals surface area (Å²) in [4.78, 5) is 26.6. The molecule has 0 unspecified atom stereocenters. The Hall–Kier alpha value is -2.76. The molecule has 3 aromatic rings. The quantitative estimate of drug-likeness (QED) is 0.542. The molecule has 0 fully saturated rings. The van der Waals surface area contributed by atoms with Gasteiger partial charge < -0.3 is 0 Å². The van der Waals surface area contributed by atoms with Crippen LogP contribution in [-0.4, -0.2) is 14.5 Å². The molecule has 5 nitrogen and oxygen atoms in total. The van der Waals surface area contributed by atoms with Crippen LogP contribution in [0.4, 0.5) is 0 Å². The van der Waals surface area contributed by atoms with E-state index >= 15 is 0 Å². The number of hydrogen-bond acceptors (Lipinski definition) is 4. The van der Waals surface area contributed by atoms with Crippen molar-refractivity contribution in [1.29, 1.82) is 0 Å². The number of fused-ring (bicyclic) bond motifs is 1. The zero-order valence-electron chi connectivity index (χ0n) is 17.6. The smallest absolute Gasteiger partial charge is 0.260 e. The SMILES string of the molecule is CCC1=C(Cl)N=c2c(cc(-c3ccc(-c4cncc(C)n4)cc3Cl)c(=O)n2CC)=CC1. The van der Waals surface area contributed by atoms with Crippen LogP contribution in [0.3, 0.4) is 0 Å². The third-order valence-electron chi connectivity index (χ3n) is 5.41. The summed E-state index contributed by atoms with van der Waals surface area (Å²) in [5.74, 6) is 0. The minimum Gasteiger partial charge on any atom is -0.292 e. The lowest BCUT2D eigenvalue weighted by Crippen LogP contribution is -2.43. The maximum absolute atomic E-state index is 13.3. The van der Waals surface area contributed by atoms with Crippen LogP contribution >= 0.6 is 23.2 Å². The van der Waals surface area contributed by atoms with E-state index in [-0.39, 0.29) is 5.56 Å². The molecule has 0 spiro atoms. The van der Waals surface area contributed by atoms with E-state index in [1.807, 2.05) is 38.1 Å². The second kappa shape index (κ2) is 8.77. The molecule has 0 saturated heterocycles. The summed E-state index contributed by atoms with van der Waals surface area (Å²) >= 11 is 13.1. The number of benzene rings is 1. The van der Waals surface area contributed by atoms with Crippen molar-refractivity contribution >= 4 is 29.3 Å². The van der Waals surface area contributed by atoms with Crippen LogP contribution in [0.15, 0.2) is 57.2 Å². The Morgan fingerprint density at radius 1 is 1.10 bits per heavy atom. The van der Waals surface area contributed by atoms with Gasteiger partial charge in [-0.3, -0.25) is 14.3 Å². The molecule has 0 bridgehead atoms. The van der Waals surface area contributed by atoms with E-state index in [9.17, 15) is 4.79 Å². The van der Waals surface area contributed by atoms with Gasteiger partial charge in [-0.15, -0.1) is 0 Å². The number of rotatable bonds is 4. The molecular weight excluding hydrogens is 431 g/mol. The molecule has 2 aromatic heterocycles. The molecule has 31 heavy (non-hydrogen) atoms. The largest absolute Gasteiger partial charge is 0.292 e. The number of halogens is 2. The zero-order chi connectivity index (χ0) is 22.1. The number of nitrogens with zero attached hydrogens (tertiary/aromatic N) is 4. The fourth-order valence-corrected chi connectivity index (χ4v) is 4.29. The fraction of sp³-hybridized carbons (Fsp3) is 0.250. The monoisotopic (exact) mass is 452 g/mol. The lowest BCUT2D eigenvalue weighted by molar-refractivity contribution is 0.681. The van der Waals surface area contributed by atoms with Gasteiger partial charge in [0.25, 0.3) is 5.56 Å². The van der Waals surface area contributed by atoms with E-state index in [0.29, 0.717) is 39.8 Å². The first-order chi connectivity index (χ1) is 14.9. The van der Waals surface area contributed by atoms with Crippen molar-refractivity contribution < 1.29 is 0 Å². The van der Waals surface area contributed by atoms with Gasteiger partial charge in [-0.25, -0.2) is 9.98 Å². The van der Waals surface area contributed by atoms with Gasteiger partial charge in [-0.2, -0.15) is 0 Å². The number of aryl methyl sites for hydroxylation is 1. The van der Waals surface area contributed by atoms with Gasteiger partial charge in [0.05, 0.1) is 17.6 Å². The average molecular weight is 453 g/mol. The Morgan fingerprint density at radius 3 is 2.58 bits per heavy atom. The summed E-state index contributed by atoms with van der Waals surface area (Å²) in [5, 5.41) is 1.83. The first kappa shape index (κ1) is 21.5. The van der Waals surface area contributed by atoms with Crippen LogP contribution in [0.25, 0.3) is 28.5 Å². The number of pyridine rings is 1. The Bertz CT molecular complexity index is 1390. The van der Waals surface area contributed by atoms with Gasteiger partial charge >= 0.3 is 0 Å². The maximum atomic E-state index is 13.3. The second-order valence-electron chi connectivity index (χ2n) is 7.39. The summed E-state index contributed by atoms with van der Waals surface area (Å²) in [6.45, 7) is 6.34. The molecule has 1 aliphatic rings. The minimum atomic E-state index is -0.146. The third kappa shape index (κ3) is 4.08. The molecule has 0 atom stereocenters. The molecule has 3 heterocycles. The Kier molecular flexibility index (Phi) is 6.08. The van der Waals surface area contributed by atoms with Crippen molar-refractivity contribution in [2.45, 2.75) is 40.2 Å². The van der Waals surface area contributed by atoms with E-state index in [4.69, 9.17) is 23.2 Å². The van der Waals surface area contributed by atoms with Crippen LogP contribution in [-0.2, 0) is 6.54 Å². The minimum absolute atomic E-state index is 0.146. The first-order valence-corrected chi connectivity index (χ1v) is 11.0. The van der Waals surface area contributed by atoms with Crippen LogP contribution in [0.5, 0.6) is 0 Å². The number of aromatic nitrogens is 3. The van der Waals surface area contributed by atoms with E-state index in [1.54, 1.807) is 17.0 Å². The van der Waals surface area contributed by atoms with Crippen molar-refractivity contribution in [1.82, 2.24) is 14.5 Å². The zero-order valence-corrected chi connectivity index (χ0v) is 19.1. The van der Waals surface area contributed by atoms with Crippen molar-refractivity contribution in [3.05, 3.63) is 79.2 Å². The van der Waals surface area contributed by atoms with Gasteiger partial charge in [0.15, 0.2) is 0 Å². The molecule has 158 valence electrons. The lowest BCUT2D eigenvalue weighted by atomic mass is 10.0. The standard InChI is InChI=1S/C24H22Cl2N4O/c1-4-15-6-7-17-10-19(24(31)30(5-2)23(17)29-22(15)26)18-9-8-16(11-20(18)25)21-13-27-12-14(3)28-21/h7-13H,4-6H2,1-3H3. The molecule has 0 saturated carbocycles. The average Bonchev–Trinajstić information content (AvgIpc) is 2.91. The highest BCUT2D eigenvalue weighted by atomic mass is 35.5. The predicted octanol–water partition coefficient (Wildman–Crippen LogP) is 4.62. The van der Waals surface area contributed by atoms with E-state index in [2.05, 4.69) is 28.0 Å². The highest BCUT2D eigenvalue weighted by Crippen LogP contribution is 2.30. The molecule has 0 amide bonds. The molecule has 0 aliphatic carbocycles.